The topological polar surface area (TPSA) is 56.5 Å². The van der Waals surface area contributed by atoms with Gasteiger partial charge in [-0.15, -0.1) is 15.0 Å². The molecule has 0 bridgehead atoms. The molecule has 8 rings (SSSR count). The lowest BCUT2D eigenvalue weighted by Crippen LogP contribution is -2.02. The molecule has 0 aliphatic rings. The van der Waals surface area contributed by atoms with Gasteiger partial charge < -0.3 is 0 Å². The molecular formula is C40H27N5. The molecule has 0 radical (unpaired) electrons. The Balaban J connectivity index is 1.24. The highest BCUT2D eigenvalue weighted by Gasteiger charge is 2.16. The minimum atomic E-state index is 0.633. The first kappa shape index (κ1) is 26.4. The van der Waals surface area contributed by atoms with Crippen LogP contribution in [0.4, 0.5) is 0 Å². The summed E-state index contributed by atoms with van der Waals surface area (Å²) in [6, 6.07) is 54.2. The van der Waals surface area contributed by atoms with Gasteiger partial charge in [-0.05, 0) is 75.3 Å². The summed E-state index contributed by atoms with van der Waals surface area (Å²) in [7, 11) is 0. The van der Waals surface area contributed by atoms with E-state index in [9.17, 15) is 0 Å². The van der Waals surface area contributed by atoms with Crippen molar-refractivity contribution in [1.29, 1.82) is 0 Å². The van der Waals surface area contributed by atoms with E-state index in [-0.39, 0.29) is 0 Å². The second-order valence-electron chi connectivity index (χ2n) is 10.9. The van der Waals surface area contributed by atoms with Crippen LogP contribution in [0.15, 0.2) is 164 Å². The summed E-state index contributed by atoms with van der Waals surface area (Å²) in [6.07, 6.45) is 1.77. The summed E-state index contributed by atoms with van der Waals surface area (Å²) in [5.74, 6) is 0.633. The van der Waals surface area contributed by atoms with Crippen LogP contribution in [0.3, 0.4) is 0 Å². The van der Waals surface area contributed by atoms with E-state index in [1.165, 1.54) is 22.3 Å². The van der Waals surface area contributed by atoms with Crippen LogP contribution < -0.4 is 0 Å². The first-order chi connectivity index (χ1) is 22.3. The van der Waals surface area contributed by atoms with Crippen molar-refractivity contribution in [2.24, 2.45) is 0 Å². The van der Waals surface area contributed by atoms with Crippen LogP contribution in [0.25, 0.3) is 72.7 Å². The van der Waals surface area contributed by atoms with E-state index in [0.29, 0.717) is 5.82 Å². The highest BCUT2D eigenvalue weighted by atomic mass is 15.5. The molecule has 8 aromatic rings. The Morgan fingerprint density at radius 1 is 0.400 bits per heavy atom. The van der Waals surface area contributed by atoms with Gasteiger partial charge >= 0.3 is 0 Å². The number of benzene rings is 5. The Kier molecular flexibility index (Phi) is 6.74. The van der Waals surface area contributed by atoms with Crippen LogP contribution in [0.5, 0.6) is 0 Å². The van der Waals surface area contributed by atoms with Gasteiger partial charge in [0.1, 0.15) is 11.0 Å². The summed E-state index contributed by atoms with van der Waals surface area (Å²) in [5, 5.41) is 9.93. The van der Waals surface area contributed by atoms with E-state index in [1.54, 1.807) is 11.0 Å². The largest absolute Gasteiger partial charge is 0.255 e. The van der Waals surface area contributed by atoms with Crippen molar-refractivity contribution in [3.8, 4) is 61.7 Å². The molecule has 0 spiro atoms. The van der Waals surface area contributed by atoms with Crippen LogP contribution >= 0.6 is 0 Å². The van der Waals surface area contributed by atoms with Crippen molar-refractivity contribution < 1.29 is 0 Å². The third-order valence-electron chi connectivity index (χ3n) is 7.98. The number of hydrogen-bond donors (Lipinski definition) is 0. The standard InChI is InChI=1S/C40H27N5/c1-3-10-28(11-4-1)30-17-19-32(20-18-30)34-26-35(33-23-21-31(22-24-33)29-12-5-2-6-13-29)40-38(27-34)43-45(44-40)39-16-9-15-37(42-39)36-14-7-8-25-41-36/h1-27H. The van der Waals surface area contributed by atoms with Crippen molar-refractivity contribution in [2.45, 2.75) is 0 Å². The molecule has 0 aliphatic heterocycles. The fourth-order valence-electron chi connectivity index (χ4n) is 5.66. The second-order valence-corrected chi connectivity index (χ2v) is 10.9. The molecule has 0 aliphatic carbocycles. The van der Waals surface area contributed by atoms with Crippen LogP contribution in [-0.2, 0) is 0 Å². The molecule has 0 fully saturated rings. The molecule has 0 unspecified atom stereocenters. The molecule has 3 heterocycles. The van der Waals surface area contributed by atoms with Crippen molar-refractivity contribution in [3.05, 3.63) is 164 Å². The molecule has 0 saturated heterocycles. The smallest absolute Gasteiger partial charge is 0.174 e. The highest BCUT2D eigenvalue weighted by Crippen LogP contribution is 2.35. The minimum absolute atomic E-state index is 0.633. The van der Waals surface area contributed by atoms with E-state index in [1.807, 2.05) is 48.5 Å². The normalized spacial score (nSPS) is 11.1. The zero-order valence-corrected chi connectivity index (χ0v) is 24.3. The highest BCUT2D eigenvalue weighted by molar-refractivity contribution is 5.96. The monoisotopic (exact) mass is 577 g/mol. The number of hydrogen-bond acceptors (Lipinski definition) is 4. The van der Waals surface area contributed by atoms with Crippen LogP contribution in [0.1, 0.15) is 0 Å². The predicted molar refractivity (Wildman–Crippen MR) is 182 cm³/mol. The summed E-state index contributed by atoms with van der Waals surface area (Å²) in [5.41, 5.74) is 12.2. The Labute approximate surface area is 261 Å². The van der Waals surface area contributed by atoms with Crippen molar-refractivity contribution in [2.75, 3.05) is 0 Å². The van der Waals surface area contributed by atoms with Crippen LogP contribution in [0, 0.1) is 0 Å². The first-order valence-corrected chi connectivity index (χ1v) is 14.9. The summed E-state index contributed by atoms with van der Waals surface area (Å²) >= 11 is 0. The van der Waals surface area contributed by atoms with E-state index >= 15 is 0 Å². The molecule has 0 N–H and O–H groups in total. The molecule has 45 heavy (non-hydrogen) atoms. The first-order valence-electron chi connectivity index (χ1n) is 14.9. The third-order valence-corrected chi connectivity index (χ3v) is 7.98. The van der Waals surface area contributed by atoms with Crippen LogP contribution in [0.2, 0.25) is 0 Å². The average molecular weight is 578 g/mol. The Morgan fingerprint density at radius 2 is 0.956 bits per heavy atom. The molecule has 5 nitrogen and oxygen atoms in total. The van der Waals surface area contributed by atoms with Gasteiger partial charge in [0.05, 0.1) is 11.4 Å². The number of rotatable bonds is 6. The molecule has 212 valence electrons. The predicted octanol–water partition coefficient (Wildman–Crippen LogP) is 9.55. The molecule has 3 aromatic heterocycles. The Bertz CT molecular complexity index is 2220. The second kappa shape index (κ2) is 11.5. The molecule has 0 amide bonds. The van der Waals surface area contributed by atoms with E-state index in [4.69, 9.17) is 15.2 Å². The molecular weight excluding hydrogens is 550 g/mol. The summed E-state index contributed by atoms with van der Waals surface area (Å²) in [6.45, 7) is 0. The minimum Gasteiger partial charge on any atom is -0.255 e. The molecule has 5 heteroatoms. The number of fused-ring (bicyclic) bond motifs is 1. The van der Waals surface area contributed by atoms with Crippen LogP contribution in [-0.4, -0.2) is 25.0 Å². The fraction of sp³-hybridized carbons (Fsp3) is 0. The average Bonchev–Trinajstić information content (AvgIpc) is 3.57. The lowest BCUT2D eigenvalue weighted by atomic mass is 9.95. The Morgan fingerprint density at radius 3 is 1.58 bits per heavy atom. The van der Waals surface area contributed by atoms with E-state index < -0.39 is 0 Å². The van der Waals surface area contributed by atoms with Crippen molar-refractivity contribution in [1.82, 2.24) is 25.0 Å². The maximum Gasteiger partial charge on any atom is 0.174 e. The van der Waals surface area contributed by atoms with Gasteiger partial charge in [0.15, 0.2) is 5.82 Å². The summed E-state index contributed by atoms with van der Waals surface area (Å²) in [4.78, 5) is 10.9. The van der Waals surface area contributed by atoms with Gasteiger partial charge in [-0.3, -0.25) is 4.98 Å². The zero-order chi connectivity index (χ0) is 30.0. The maximum atomic E-state index is 4.99. The van der Waals surface area contributed by atoms with Crippen molar-refractivity contribution >= 4 is 11.0 Å². The lowest BCUT2D eigenvalue weighted by molar-refractivity contribution is 0.742. The third kappa shape index (κ3) is 5.28. The van der Waals surface area contributed by atoms with Gasteiger partial charge in [0.2, 0.25) is 0 Å². The number of nitrogens with zero attached hydrogens (tertiary/aromatic N) is 5. The van der Waals surface area contributed by atoms with Gasteiger partial charge in [-0.25, -0.2) is 4.98 Å². The van der Waals surface area contributed by atoms with Gasteiger partial charge in [0.25, 0.3) is 0 Å². The van der Waals surface area contributed by atoms with E-state index in [2.05, 4.69) is 114 Å². The maximum absolute atomic E-state index is 4.99. The van der Waals surface area contributed by atoms with Gasteiger partial charge in [-0.2, -0.15) is 0 Å². The summed E-state index contributed by atoms with van der Waals surface area (Å²) < 4.78 is 0. The van der Waals surface area contributed by atoms with Crippen molar-refractivity contribution in [3.63, 3.8) is 0 Å². The molecule has 5 aromatic carbocycles. The Hall–Kier alpha value is -6.20. The number of pyridine rings is 2. The molecule has 0 atom stereocenters. The quantitative estimate of drug-likeness (QED) is 0.197. The number of aromatic nitrogens is 5. The van der Waals surface area contributed by atoms with E-state index in [0.717, 1.165) is 44.7 Å². The van der Waals surface area contributed by atoms with Gasteiger partial charge in [-0.1, -0.05) is 121 Å². The fourth-order valence-corrected chi connectivity index (χ4v) is 5.66. The molecule has 0 saturated carbocycles. The van der Waals surface area contributed by atoms with Gasteiger partial charge in [0, 0.05) is 11.8 Å². The SMILES string of the molecule is c1ccc(-c2ccc(-c3cc(-c4ccc(-c5ccccc5)cc4)c4nn(-c5cccc(-c6ccccn6)n5)nc4c3)cc2)cc1. The lowest BCUT2D eigenvalue weighted by Gasteiger charge is -2.09. The zero-order valence-electron chi connectivity index (χ0n) is 24.3.